The van der Waals surface area contributed by atoms with Gasteiger partial charge < -0.3 is 4.74 Å². The lowest BCUT2D eigenvalue weighted by Gasteiger charge is -2.06. The largest absolute Gasteiger partial charge is 0.489 e. The van der Waals surface area contributed by atoms with Crippen LogP contribution in [0.3, 0.4) is 0 Å². The Labute approximate surface area is 142 Å². The Morgan fingerprint density at radius 1 is 0.792 bits per heavy atom. The molecule has 3 aromatic rings. The van der Waals surface area contributed by atoms with Gasteiger partial charge >= 0.3 is 0 Å². The van der Waals surface area contributed by atoms with Gasteiger partial charge in [-0.1, -0.05) is 78.9 Å². The van der Waals surface area contributed by atoms with Gasteiger partial charge in [0, 0.05) is 5.56 Å². The first kappa shape index (κ1) is 15.8. The lowest BCUT2D eigenvalue weighted by molar-refractivity contribution is 0.104. The molecule has 0 aliphatic carbocycles. The van der Waals surface area contributed by atoms with Crippen LogP contribution in [-0.4, -0.2) is 5.78 Å². The van der Waals surface area contributed by atoms with Crippen LogP contribution >= 0.6 is 0 Å². The topological polar surface area (TPSA) is 26.3 Å². The monoisotopic (exact) mass is 314 g/mol. The lowest BCUT2D eigenvalue weighted by Crippen LogP contribution is -1.95. The number of ether oxygens (including phenoxy) is 1. The van der Waals surface area contributed by atoms with Crippen molar-refractivity contribution in [1.29, 1.82) is 0 Å². The Kier molecular flexibility index (Phi) is 5.21. The molecule has 24 heavy (non-hydrogen) atoms. The van der Waals surface area contributed by atoms with E-state index in [4.69, 9.17) is 4.74 Å². The fourth-order valence-electron chi connectivity index (χ4n) is 2.29. The number of carbonyl (C=O) groups is 1. The average molecular weight is 314 g/mol. The summed E-state index contributed by atoms with van der Waals surface area (Å²) in [5.74, 6) is 0.811. The van der Waals surface area contributed by atoms with Gasteiger partial charge in [0.2, 0.25) is 0 Å². The summed E-state index contributed by atoms with van der Waals surface area (Å²) in [5.41, 5.74) is 2.79. The minimum Gasteiger partial charge on any atom is -0.489 e. The third-order valence-corrected chi connectivity index (χ3v) is 3.61. The highest BCUT2D eigenvalue weighted by atomic mass is 16.5. The van der Waals surface area contributed by atoms with Gasteiger partial charge in [-0.3, -0.25) is 4.79 Å². The molecule has 0 amide bonds. The van der Waals surface area contributed by atoms with Crippen LogP contribution in [0.2, 0.25) is 0 Å². The van der Waals surface area contributed by atoms with E-state index in [0.29, 0.717) is 12.2 Å². The van der Waals surface area contributed by atoms with E-state index in [9.17, 15) is 4.79 Å². The molecule has 0 unspecified atom stereocenters. The highest BCUT2D eigenvalue weighted by molar-refractivity contribution is 6.06. The molecule has 0 aromatic heterocycles. The van der Waals surface area contributed by atoms with Crippen molar-refractivity contribution in [2.24, 2.45) is 0 Å². The molecule has 0 aliphatic heterocycles. The molecule has 118 valence electrons. The van der Waals surface area contributed by atoms with Crippen molar-refractivity contribution in [2.75, 3.05) is 0 Å². The Morgan fingerprint density at radius 3 is 2.08 bits per heavy atom. The molecule has 0 heterocycles. The molecule has 3 aromatic carbocycles. The second-order valence-corrected chi connectivity index (χ2v) is 5.41. The van der Waals surface area contributed by atoms with Crippen molar-refractivity contribution in [2.45, 2.75) is 6.61 Å². The summed E-state index contributed by atoms with van der Waals surface area (Å²) in [4.78, 5) is 12.0. The van der Waals surface area contributed by atoms with Crippen molar-refractivity contribution in [1.82, 2.24) is 0 Å². The van der Waals surface area contributed by atoms with Crippen LogP contribution in [0, 0.1) is 0 Å². The van der Waals surface area contributed by atoms with Crippen LogP contribution in [0.1, 0.15) is 21.5 Å². The average Bonchev–Trinajstić information content (AvgIpc) is 2.67. The van der Waals surface area contributed by atoms with E-state index < -0.39 is 0 Å². The predicted molar refractivity (Wildman–Crippen MR) is 97.0 cm³/mol. The minimum absolute atomic E-state index is 0.00000383. The summed E-state index contributed by atoms with van der Waals surface area (Å²) in [6.07, 6.45) is 3.41. The van der Waals surface area contributed by atoms with E-state index in [-0.39, 0.29) is 5.78 Å². The van der Waals surface area contributed by atoms with E-state index in [0.717, 1.165) is 16.9 Å². The summed E-state index contributed by atoms with van der Waals surface area (Å²) >= 11 is 0. The number of hydrogen-bond donors (Lipinski definition) is 0. The molecule has 0 N–H and O–H groups in total. The summed E-state index contributed by atoms with van der Waals surface area (Å²) in [5, 5.41) is 0. The maximum Gasteiger partial charge on any atom is 0.185 e. The van der Waals surface area contributed by atoms with Gasteiger partial charge in [0.05, 0.1) is 0 Å². The Bertz CT molecular complexity index is 804. The number of hydrogen-bond acceptors (Lipinski definition) is 2. The van der Waals surface area contributed by atoms with E-state index in [1.165, 1.54) is 0 Å². The predicted octanol–water partition coefficient (Wildman–Crippen LogP) is 5.16. The normalized spacial score (nSPS) is 10.7. The zero-order chi connectivity index (χ0) is 16.6. The highest BCUT2D eigenvalue weighted by Gasteiger charge is 2.00. The van der Waals surface area contributed by atoms with Crippen molar-refractivity contribution in [3.05, 3.63) is 108 Å². The highest BCUT2D eigenvalue weighted by Crippen LogP contribution is 2.15. The fraction of sp³-hybridized carbons (Fsp3) is 0.0455. The summed E-state index contributed by atoms with van der Waals surface area (Å²) in [6, 6.07) is 27.0. The molecule has 0 atom stereocenters. The smallest absolute Gasteiger partial charge is 0.185 e. The standard InChI is InChI=1S/C22H18O2/c23-22(20-9-5-2-6-10-20)16-13-18-11-14-21(15-12-18)24-17-19-7-3-1-4-8-19/h1-16H,17H2. The lowest BCUT2D eigenvalue weighted by atomic mass is 10.1. The van der Waals surface area contributed by atoms with E-state index in [2.05, 4.69) is 0 Å². The summed E-state index contributed by atoms with van der Waals surface area (Å²) in [6.45, 7) is 0.544. The maximum absolute atomic E-state index is 12.0. The molecule has 0 bridgehead atoms. The molecule has 0 saturated heterocycles. The Balaban J connectivity index is 1.58. The molecule has 2 nitrogen and oxygen atoms in total. The van der Waals surface area contributed by atoms with Gasteiger partial charge in [-0.25, -0.2) is 0 Å². The SMILES string of the molecule is O=C(C=Cc1ccc(OCc2ccccc2)cc1)c1ccccc1. The summed E-state index contributed by atoms with van der Waals surface area (Å²) in [7, 11) is 0. The van der Waals surface area contributed by atoms with Crippen LogP contribution in [0.15, 0.2) is 91.0 Å². The van der Waals surface area contributed by atoms with Crippen molar-refractivity contribution >= 4 is 11.9 Å². The van der Waals surface area contributed by atoms with Crippen molar-refractivity contribution < 1.29 is 9.53 Å². The Morgan fingerprint density at radius 2 is 1.42 bits per heavy atom. The molecular formula is C22H18O2. The van der Waals surface area contributed by atoms with Gasteiger partial charge in [-0.15, -0.1) is 0 Å². The van der Waals surface area contributed by atoms with Crippen molar-refractivity contribution in [3.63, 3.8) is 0 Å². The second kappa shape index (κ2) is 7.93. The molecule has 2 heteroatoms. The number of ketones is 1. The van der Waals surface area contributed by atoms with Crippen LogP contribution in [0.4, 0.5) is 0 Å². The maximum atomic E-state index is 12.0. The zero-order valence-corrected chi connectivity index (χ0v) is 13.3. The van der Waals surface area contributed by atoms with Gasteiger partial charge in [-0.05, 0) is 29.3 Å². The molecular weight excluding hydrogens is 296 g/mol. The minimum atomic E-state index is 0.00000383. The first-order valence-corrected chi connectivity index (χ1v) is 7.85. The van der Waals surface area contributed by atoms with Crippen LogP contribution < -0.4 is 4.74 Å². The number of allylic oxidation sites excluding steroid dienone is 1. The van der Waals surface area contributed by atoms with Gasteiger partial charge in [0.15, 0.2) is 5.78 Å². The van der Waals surface area contributed by atoms with E-state index in [1.807, 2.05) is 91.0 Å². The van der Waals surface area contributed by atoms with Gasteiger partial charge in [-0.2, -0.15) is 0 Å². The molecule has 0 fully saturated rings. The molecule has 0 spiro atoms. The number of benzene rings is 3. The zero-order valence-electron chi connectivity index (χ0n) is 13.3. The molecule has 0 aliphatic rings. The van der Waals surface area contributed by atoms with Crippen LogP contribution in [0.5, 0.6) is 5.75 Å². The third kappa shape index (κ3) is 4.43. The van der Waals surface area contributed by atoms with Crippen LogP contribution in [-0.2, 0) is 6.61 Å². The Hall–Kier alpha value is -3.13. The summed E-state index contributed by atoms with van der Waals surface area (Å²) < 4.78 is 5.75. The number of rotatable bonds is 6. The molecule has 3 rings (SSSR count). The molecule has 0 radical (unpaired) electrons. The van der Waals surface area contributed by atoms with E-state index >= 15 is 0 Å². The number of carbonyl (C=O) groups excluding carboxylic acids is 1. The first-order chi connectivity index (χ1) is 11.8. The van der Waals surface area contributed by atoms with Gasteiger partial charge in [0.25, 0.3) is 0 Å². The first-order valence-electron chi connectivity index (χ1n) is 7.85. The van der Waals surface area contributed by atoms with E-state index in [1.54, 1.807) is 6.08 Å². The fourth-order valence-corrected chi connectivity index (χ4v) is 2.29. The van der Waals surface area contributed by atoms with Gasteiger partial charge in [0.1, 0.15) is 12.4 Å². The second-order valence-electron chi connectivity index (χ2n) is 5.41. The van der Waals surface area contributed by atoms with Crippen LogP contribution in [0.25, 0.3) is 6.08 Å². The molecule has 0 saturated carbocycles. The van der Waals surface area contributed by atoms with Crippen molar-refractivity contribution in [3.8, 4) is 5.75 Å². The third-order valence-electron chi connectivity index (χ3n) is 3.61. The quantitative estimate of drug-likeness (QED) is 0.464.